The van der Waals surface area contributed by atoms with Crippen LogP contribution < -0.4 is 5.32 Å². The maximum absolute atomic E-state index is 13.6. The van der Waals surface area contributed by atoms with E-state index in [1.807, 2.05) is 0 Å². The number of nitrogens with one attached hydrogen (secondary N) is 1. The second-order valence-electron chi connectivity index (χ2n) is 7.21. The van der Waals surface area contributed by atoms with Gasteiger partial charge in [0, 0.05) is 6.54 Å². The quantitative estimate of drug-likeness (QED) is 0.615. The van der Waals surface area contributed by atoms with E-state index in [0.717, 1.165) is 12.8 Å². The Kier molecular flexibility index (Phi) is 3.98. The van der Waals surface area contributed by atoms with Crippen LogP contribution in [0.25, 0.3) is 0 Å². The summed E-state index contributed by atoms with van der Waals surface area (Å²) in [5.41, 5.74) is 0.772. The van der Waals surface area contributed by atoms with Gasteiger partial charge in [-0.15, -0.1) is 0 Å². The van der Waals surface area contributed by atoms with E-state index in [-0.39, 0.29) is 41.5 Å². The van der Waals surface area contributed by atoms with Crippen molar-refractivity contribution < 1.29 is 18.7 Å². The zero-order valence-electron chi connectivity index (χ0n) is 13.8. The fourth-order valence-corrected chi connectivity index (χ4v) is 5.02. The molecule has 1 N–H and O–H groups in total. The topological polar surface area (TPSA) is 55.4 Å². The Morgan fingerprint density at radius 3 is 2.56 bits per heavy atom. The molecule has 2 fully saturated rings. The van der Waals surface area contributed by atoms with Crippen LogP contribution in [0.2, 0.25) is 0 Å². The molecule has 25 heavy (non-hydrogen) atoms. The Bertz CT molecular complexity index is 774. The minimum absolute atomic E-state index is 0.0879. The van der Waals surface area contributed by atoms with E-state index in [2.05, 4.69) is 33.4 Å². The summed E-state index contributed by atoms with van der Waals surface area (Å²) in [4.78, 5) is 25.2. The average Bonchev–Trinajstić information content (AvgIpc) is 3.28. The summed E-state index contributed by atoms with van der Waals surface area (Å²) in [5.74, 6) is -1.43. The molecule has 2 bridgehead atoms. The lowest BCUT2D eigenvalue weighted by molar-refractivity contribution is -0.151. The first-order chi connectivity index (χ1) is 12.0. The molecule has 0 heterocycles. The molecule has 0 unspecified atom stereocenters. The highest BCUT2D eigenvalue weighted by Crippen LogP contribution is 2.72. The molecule has 3 aliphatic carbocycles. The van der Waals surface area contributed by atoms with Crippen molar-refractivity contribution in [3.05, 3.63) is 46.2 Å². The van der Waals surface area contributed by atoms with Crippen LogP contribution >= 0.6 is 15.9 Å². The van der Waals surface area contributed by atoms with Gasteiger partial charge in [-0.3, -0.25) is 9.59 Å². The van der Waals surface area contributed by atoms with E-state index in [9.17, 15) is 14.0 Å². The Hall–Kier alpha value is -1.69. The molecule has 1 amide bonds. The van der Waals surface area contributed by atoms with Gasteiger partial charge in [0.05, 0.1) is 23.4 Å². The monoisotopic (exact) mass is 407 g/mol. The van der Waals surface area contributed by atoms with Gasteiger partial charge in [0.15, 0.2) is 0 Å². The number of hydrogen-bond donors (Lipinski definition) is 1. The molecule has 2 saturated carbocycles. The molecule has 0 saturated heterocycles. The van der Waals surface area contributed by atoms with Crippen LogP contribution in [0.5, 0.6) is 0 Å². The van der Waals surface area contributed by atoms with Crippen LogP contribution in [0.15, 0.2) is 34.8 Å². The Morgan fingerprint density at radius 2 is 1.96 bits per heavy atom. The standard InChI is InChI=1S/C19H19BrFNO3/c1-25-18(24)16-12-4-3-11(19(12)6-7-19)15(16)17(23)22-9-10-2-5-13(20)14(21)8-10/h2-5,8,11-12,15-16H,6-7,9H2,1H3,(H,22,23)/t11-,12+,15+,16+/m0/s1. The van der Waals surface area contributed by atoms with Crippen LogP contribution in [0.3, 0.4) is 0 Å². The van der Waals surface area contributed by atoms with Crippen molar-refractivity contribution >= 4 is 27.8 Å². The molecule has 0 aliphatic heterocycles. The SMILES string of the molecule is COC(=O)[C@H]1[C@H](C(=O)NCc2ccc(Br)c(F)c2)[C@@H]2C=C[C@H]1C21CC1. The van der Waals surface area contributed by atoms with Crippen LogP contribution in [-0.4, -0.2) is 19.0 Å². The summed E-state index contributed by atoms with van der Waals surface area (Å²) in [6, 6.07) is 4.77. The van der Waals surface area contributed by atoms with Gasteiger partial charge in [-0.05, 0) is 63.7 Å². The van der Waals surface area contributed by atoms with Gasteiger partial charge >= 0.3 is 5.97 Å². The van der Waals surface area contributed by atoms with E-state index in [0.29, 0.717) is 10.0 Å². The molecule has 1 spiro atoms. The molecule has 0 aromatic heterocycles. The molecule has 0 radical (unpaired) electrons. The summed E-state index contributed by atoms with van der Waals surface area (Å²) >= 11 is 3.12. The third-order valence-corrected chi connectivity index (χ3v) is 6.71. The van der Waals surface area contributed by atoms with Crippen molar-refractivity contribution in [3.8, 4) is 0 Å². The van der Waals surface area contributed by atoms with Crippen molar-refractivity contribution in [2.24, 2.45) is 29.1 Å². The lowest BCUT2D eigenvalue weighted by atomic mass is 9.82. The van der Waals surface area contributed by atoms with Gasteiger partial charge in [0.2, 0.25) is 5.91 Å². The van der Waals surface area contributed by atoms with Gasteiger partial charge in [-0.1, -0.05) is 18.2 Å². The van der Waals surface area contributed by atoms with Gasteiger partial charge in [-0.2, -0.15) is 0 Å². The molecule has 4 nitrogen and oxygen atoms in total. The number of methoxy groups -OCH3 is 1. The number of allylic oxidation sites excluding steroid dienone is 2. The summed E-state index contributed by atoms with van der Waals surface area (Å²) in [6.07, 6.45) is 6.31. The van der Waals surface area contributed by atoms with Crippen LogP contribution in [-0.2, 0) is 20.9 Å². The smallest absolute Gasteiger partial charge is 0.310 e. The van der Waals surface area contributed by atoms with E-state index in [1.54, 1.807) is 12.1 Å². The first-order valence-corrected chi connectivity index (χ1v) is 9.25. The van der Waals surface area contributed by atoms with E-state index in [4.69, 9.17) is 4.74 Å². The predicted molar refractivity (Wildman–Crippen MR) is 92.7 cm³/mol. The first-order valence-electron chi connectivity index (χ1n) is 8.46. The average molecular weight is 408 g/mol. The van der Waals surface area contributed by atoms with E-state index in [1.165, 1.54) is 13.2 Å². The molecule has 132 valence electrons. The molecule has 1 aromatic rings. The van der Waals surface area contributed by atoms with Crippen molar-refractivity contribution in [1.82, 2.24) is 5.32 Å². The fourth-order valence-electron chi connectivity index (χ4n) is 4.77. The van der Waals surface area contributed by atoms with Crippen LogP contribution in [0, 0.1) is 34.9 Å². The molecule has 1 aromatic carbocycles. The highest BCUT2D eigenvalue weighted by atomic mass is 79.9. The van der Waals surface area contributed by atoms with Crippen molar-refractivity contribution in [1.29, 1.82) is 0 Å². The number of rotatable bonds is 4. The molecular formula is C19H19BrFNO3. The second-order valence-corrected chi connectivity index (χ2v) is 8.06. The zero-order chi connectivity index (χ0) is 17.8. The first kappa shape index (κ1) is 16.8. The Labute approximate surface area is 153 Å². The molecule has 4 atom stereocenters. The third kappa shape index (κ3) is 2.53. The van der Waals surface area contributed by atoms with Gasteiger partial charge in [0.25, 0.3) is 0 Å². The fraction of sp³-hybridized carbons (Fsp3) is 0.474. The zero-order valence-corrected chi connectivity index (χ0v) is 15.4. The highest BCUT2D eigenvalue weighted by Gasteiger charge is 2.70. The largest absolute Gasteiger partial charge is 0.469 e. The van der Waals surface area contributed by atoms with Crippen molar-refractivity contribution in [2.45, 2.75) is 19.4 Å². The van der Waals surface area contributed by atoms with E-state index >= 15 is 0 Å². The maximum atomic E-state index is 13.6. The number of amides is 1. The number of carbonyl (C=O) groups excluding carboxylic acids is 2. The number of hydrogen-bond acceptors (Lipinski definition) is 3. The molecule has 6 heteroatoms. The third-order valence-electron chi connectivity index (χ3n) is 6.07. The van der Waals surface area contributed by atoms with E-state index < -0.39 is 11.8 Å². The maximum Gasteiger partial charge on any atom is 0.310 e. The minimum Gasteiger partial charge on any atom is -0.469 e. The molecule has 3 aliphatic rings. The van der Waals surface area contributed by atoms with Crippen LogP contribution in [0.1, 0.15) is 18.4 Å². The van der Waals surface area contributed by atoms with Crippen LogP contribution in [0.4, 0.5) is 4.39 Å². The number of carbonyl (C=O) groups is 2. The van der Waals surface area contributed by atoms with Gasteiger partial charge in [-0.25, -0.2) is 4.39 Å². The Morgan fingerprint density at radius 1 is 1.28 bits per heavy atom. The van der Waals surface area contributed by atoms with Gasteiger partial charge in [0.1, 0.15) is 5.82 Å². The summed E-state index contributed by atoms with van der Waals surface area (Å²) in [7, 11) is 1.37. The Balaban J connectivity index is 1.51. The molecule has 4 rings (SSSR count). The second kappa shape index (κ2) is 5.94. The minimum atomic E-state index is -0.413. The predicted octanol–water partition coefficient (Wildman–Crippen LogP) is 3.21. The number of ether oxygens (including phenoxy) is 1. The number of benzene rings is 1. The lowest BCUT2D eigenvalue weighted by Crippen LogP contribution is -2.40. The highest BCUT2D eigenvalue weighted by molar-refractivity contribution is 9.10. The molecular weight excluding hydrogens is 389 g/mol. The summed E-state index contributed by atoms with van der Waals surface area (Å²) in [6.45, 7) is 0.238. The van der Waals surface area contributed by atoms with Crippen molar-refractivity contribution in [2.75, 3.05) is 7.11 Å². The summed E-state index contributed by atoms with van der Waals surface area (Å²) in [5, 5.41) is 2.88. The lowest BCUT2D eigenvalue weighted by Gasteiger charge is -2.25. The number of esters is 1. The van der Waals surface area contributed by atoms with Crippen molar-refractivity contribution in [3.63, 3.8) is 0 Å². The number of halogens is 2. The summed E-state index contributed by atoms with van der Waals surface area (Å²) < 4.78 is 19.0. The normalized spacial score (nSPS) is 30.5. The van der Waals surface area contributed by atoms with Gasteiger partial charge < -0.3 is 10.1 Å².